The number of imidazole rings is 1. The molecule has 2 heterocycles. The third-order valence-electron chi connectivity index (χ3n) is 3.26. The molecule has 0 spiro atoms. The average molecular weight is 280 g/mol. The minimum atomic E-state index is -0.487. The molecule has 8 nitrogen and oxygen atoms in total. The zero-order valence-electron chi connectivity index (χ0n) is 11.6. The molecule has 20 heavy (non-hydrogen) atoms. The summed E-state index contributed by atoms with van der Waals surface area (Å²) in [6, 6.07) is 0. The number of aliphatic hydroxyl groups excluding tert-OH is 1. The van der Waals surface area contributed by atoms with Gasteiger partial charge in [-0.2, -0.15) is 0 Å². The summed E-state index contributed by atoms with van der Waals surface area (Å²) >= 11 is 0. The number of nitrogens with zero attached hydrogens (tertiary/aromatic N) is 4. The Kier molecular flexibility index (Phi) is 3.58. The monoisotopic (exact) mass is 280 g/mol. The van der Waals surface area contributed by atoms with E-state index >= 15 is 0 Å². The van der Waals surface area contributed by atoms with E-state index < -0.39 is 11.2 Å². The lowest BCUT2D eigenvalue weighted by Crippen LogP contribution is -2.37. The SMILES string of the molecule is CC(=O)CCn1c(CO)nc2c1c(=O)n(C)c(=O)n2C. The molecule has 0 unspecified atom stereocenters. The first-order valence-electron chi connectivity index (χ1n) is 6.14. The average Bonchev–Trinajstić information content (AvgIpc) is 2.79. The highest BCUT2D eigenvalue weighted by molar-refractivity contribution is 5.76. The van der Waals surface area contributed by atoms with Crippen LogP contribution in [0.25, 0.3) is 11.2 Å². The van der Waals surface area contributed by atoms with Gasteiger partial charge in [-0.15, -0.1) is 0 Å². The zero-order valence-corrected chi connectivity index (χ0v) is 11.6. The highest BCUT2D eigenvalue weighted by Gasteiger charge is 2.18. The van der Waals surface area contributed by atoms with Crippen molar-refractivity contribution in [2.75, 3.05) is 0 Å². The van der Waals surface area contributed by atoms with E-state index in [9.17, 15) is 19.5 Å². The van der Waals surface area contributed by atoms with E-state index in [1.165, 1.54) is 30.2 Å². The van der Waals surface area contributed by atoms with E-state index in [2.05, 4.69) is 4.98 Å². The van der Waals surface area contributed by atoms with Crippen molar-refractivity contribution < 1.29 is 9.90 Å². The Morgan fingerprint density at radius 1 is 1.25 bits per heavy atom. The summed E-state index contributed by atoms with van der Waals surface area (Å²) in [7, 11) is 2.89. The Morgan fingerprint density at radius 3 is 2.45 bits per heavy atom. The summed E-state index contributed by atoms with van der Waals surface area (Å²) in [6.07, 6.45) is 0.227. The number of aryl methyl sites for hydroxylation is 2. The third-order valence-corrected chi connectivity index (χ3v) is 3.26. The molecule has 8 heteroatoms. The van der Waals surface area contributed by atoms with Crippen LogP contribution in [0.3, 0.4) is 0 Å². The number of aromatic nitrogens is 4. The van der Waals surface area contributed by atoms with Crippen molar-refractivity contribution in [1.82, 2.24) is 18.7 Å². The lowest BCUT2D eigenvalue weighted by atomic mass is 10.3. The first-order chi connectivity index (χ1) is 9.38. The fourth-order valence-electron chi connectivity index (χ4n) is 2.12. The molecular weight excluding hydrogens is 264 g/mol. The Bertz CT molecular complexity index is 796. The fourth-order valence-corrected chi connectivity index (χ4v) is 2.12. The van der Waals surface area contributed by atoms with Gasteiger partial charge < -0.3 is 9.67 Å². The van der Waals surface area contributed by atoms with Gasteiger partial charge in [0.15, 0.2) is 11.2 Å². The van der Waals surface area contributed by atoms with Gasteiger partial charge in [0.25, 0.3) is 5.56 Å². The molecule has 0 saturated carbocycles. The third kappa shape index (κ3) is 2.07. The summed E-state index contributed by atoms with van der Waals surface area (Å²) in [6.45, 7) is 1.32. The fraction of sp³-hybridized carbons (Fsp3) is 0.500. The zero-order chi connectivity index (χ0) is 15.0. The molecule has 0 aliphatic rings. The maximum atomic E-state index is 12.2. The van der Waals surface area contributed by atoms with E-state index in [0.717, 1.165) is 4.57 Å². The number of ketones is 1. The minimum Gasteiger partial charge on any atom is -0.388 e. The number of rotatable bonds is 4. The predicted molar refractivity (Wildman–Crippen MR) is 71.4 cm³/mol. The summed E-state index contributed by atoms with van der Waals surface area (Å²) in [5.74, 6) is 0.233. The minimum absolute atomic E-state index is 0.0302. The van der Waals surface area contributed by atoms with Gasteiger partial charge in [-0.1, -0.05) is 0 Å². The van der Waals surface area contributed by atoms with E-state index in [-0.39, 0.29) is 42.3 Å². The van der Waals surface area contributed by atoms with Crippen LogP contribution in [-0.2, 0) is 32.0 Å². The largest absolute Gasteiger partial charge is 0.388 e. The van der Waals surface area contributed by atoms with Crippen molar-refractivity contribution >= 4 is 16.9 Å². The predicted octanol–water partition coefficient (Wildman–Crippen LogP) is -1.09. The Hall–Kier alpha value is -2.22. The molecule has 0 saturated heterocycles. The smallest absolute Gasteiger partial charge is 0.332 e. The summed E-state index contributed by atoms with van der Waals surface area (Å²) < 4.78 is 3.73. The molecule has 0 amide bonds. The van der Waals surface area contributed by atoms with Crippen LogP contribution in [0.1, 0.15) is 19.2 Å². The maximum absolute atomic E-state index is 12.2. The van der Waals surface area contributed by atoms with Gasteiger partial charge in [0.05, 0.1) is 0 Å². The molecule has 1 N–H and O–H groups in total. The molecule has 0 atom stereocenters. The van der Waals surface area contributed by atoms with Gasteiger partial charge in [-0.25, -0.2) is 9.78 Å². The summed E-state index contributed by atoms with van der Waals surface area (Å²) in [4.78, 5) is 39.3. The van der Waals surface area contributed by atoms with Crippen molar-refractivity contribution in [2.45, 2.75) is 26.5 Å². The molecule has 0 bridgehead atoms. The highest BCUT2D eigenvalue weighted by Crippen LogP contribution is 2.12. The van der Waals surface area contributed by atoms with Gasteiger partial charge in [-0.3, -0.25) is 18.7 Å². The van der Waals surface area contributed by atoms with Crippen molar-refractivity contribution in [3.63, 3.8) is 0 Å². The molecule has 0 aliphatic carbocycles. The van der Waals surface area contributed by atoms with Crippen molar-refractivity contribution in [2.24, 2.45) is 14.1 Å². The maximum Gasteiger partial charge on any atom is 0.332 e. The number of Topliss-reactive ketones (excluding diaryl/α,β-unsaturated/α-hetero) is 1. The van der Waals surface area contributed by atoms with Gasteiger partial charge in [0.1, 0.15) is 18.2 Å². The first-order valence-corrected chi connectivity index (χ1v) is 6.14. The second kappa shape index (κ2) is 5.04. The second-order valence-corrected chi connectivity index (χ2v) is 4.67. The van der Waals surface area contributed by atoms with Gasteiger partial charge in [-0.05, 0) is 6.92 Å². The number of carbonyl (C=O) groups is 1. The van der Waals surface area contributed by atoms with E-state index in [0.29, 0.717) is 0 Å². The molecule has 0 aromatic carbocycles. The first kappa shape index (κ1) is 14.2. The van der Waals surface area contributed by atoms with Crippen molar-refractivity contribution in [3.05, 3.63) is 26.7 Å². The van der Waals surface area contributed by atoms with E-state index in [1.807, 2.05) is 0 Å². The van der Waals surface area contributed by atoms with Gasteiger partial charge in [0.2, 0.25) is 0 Å². The molecule has 0 radical (unpaired) electrons. The second-order valence-electron chi connectivity index (χ2n) is 4.67. The summed E-state index contributed by atoms with van der Waals surface area (Å²) in [5.41, 5.74) is -0.535. The van der Waals surface area contributed by atoms with Crippen molar-refractivity contribution in [1.29, 1.82) is 0 Å². The lowest BCUT2D eigenvalue weighted by Gasteiger charge is -2.07. The molecule has 2 rings (SSSR count). The molecule has 108 valence electrons. The Morgan fingerprint density at radius 2 is 1.90 bits per heavy atom. The van der Waals surface area contributed by atoms with Crippen molar-refractivity contribution in [3.8, 4) is 0 Å². The quantitative estimate of drug-likeness (QED) is 0.767. The normalized spacial score (nSPS) is 11.2. The van der Waals surface area contributed by atoms with E-state index in [4.69, 9.17) is 0 Å². The van der Waals surface area contributed by atoms with Crippen LogP contribution >= 0.6 is 0 Å². The standard InChI is InChI=1S/C12H16N4O4/c1-7(18)4-5-16-8(6-17)13-10-9(16)11(19)15(3)12(20)14(10)2/h17H,4-6H2,1-3H3. The molecule has 0 fully saturated rings. The molecule has 0 aliphatic heterocycles. The summed E-state index contributed by atoms with van der Waals surface area (Å²) in [5, 5.41) is 9.34. The van der Waals surface area contributed by atoms with Gasteiger partial charge in [0, 0.05) is 27.1 Å². The number of fused-ring (bicyclic) bond motifs is 1. The van der Waals surface area contributed by atoms with E-state index in [1.54, 1.807) is 0 Å². The van der Waals surface area contributed by atoms with Crippen LogP contribution in [0.5, 0.6) is 0 Å². The topological polar surface area (TPSA) is 99.1 Å². The van der Waals surface area contributed by atoms with Crippen LogP contribution < -0.4 is 11.2 Å². The van der Waals surface area contributed by atoms with Crippen LogP contribution in [0, 0.1) is 0 Å². The van der Waals surface area contributed by atoms with Crippen LogP contribution in [-0.4, -0.2) is 29.6 Å². The van der Waals surface area contributed by atoms with Gasteiger partial charge >= 0.3 is 5.69 Å². The Balaban J connectivity index is 2.82. The highest BCUT2D eigenvalue weighted by atomic mass is 16.3. The molecule has 2 aromatic heterocycles. The molecular formula is C12H16N4O4. The number of hydrogen-bond acceptors (Lipinski definition) is 5. The van der Waals surface area contributed by atoms with Crippen LogP contribution in [0.4, 0.5) is 0 Å². The van der Waals surface area contributed by atoms with Crippen LogP contribution in [0.2, 0.25) is 0 Å². The lowest BCUT2D eigenvalue weighted by molar-refractivity contribution is -0.117. The number of aliphatic hydroxyl groups is 1. The Labute approximate surface area is 113 Å². The molecule has 2 aromatic rings. The number of hydrogen-bond donors (Lipinski definition) is 1. The number of carbonyl (C=O) groups excluding carboxylic acids is 1. The van der Waals surface area contributed by atoms with Crippen LogP contribution in [0.15, 0.2) is 9.59 Å².